The van der Waals surface area contributed by atoms with Crippen molar-refractivity contribution in [3.8, 4) is 22.5 Å². The first-order valence-electron chi connectivity index (χ1n) is 22.8. The molecule has 3 aromatic heterocycles. The van der Waals surface area contributed by atoms with Crippen LogP contribution in [-0.4, -0.2) is 20.7 Å². The highest BCUT2D eigenvalue weighted by Crippen LogP contribution is 2.41. The molecule has 0 fully saturated rings. The molecular weight excluding hydrogens is 805 g/mol. The van der Waals surface area contributed by atoms with Crippen LogP contribution in [0.4, 0.5) is 0 Å². The molecule has 0 saturated heterocycles. The number of allylic oxidation sites excluding steroid dienone is 1. The van der Waals surface area contributed by atoms with Gasteiger partial charge in [-0.2, -0.15) is 0 Å². The smallest absolute Gasteiger partial charge is 0.160 e. The highest BCUT2D eigenvalue weighted by molar-refractivity contribution is 6.20. The van der Waals surface area contributed by atoms with E-state index in [-0.39, 0.29) is 0 Å². The third-order valence-corrected chi connectivity index (χ3v) is 13.4. The van der Waals surface area contributed by atoms with Crippen molar-refractivity contribution in [3.05, 3.63) is 235 Å². The Morgan fingerprint density at radius 1 is 0.394 bits per heavy atom. The Morgan fingerprint density at radius 3 is 1.71 bits per heavy atom. The molecule has 0 spiro atoms. The van der Waals surface area contributed by atoms with Crippen molar-refractivity contribution >= 4 is 82.8 Å². The van der Waals surface area contributed by atoms with Gasteiger partial charge < -0.3 is 13.6 Å². The van der Waals surface area contributed by atoms with E-state index in [1.54, 1.807) is 0 Å². The molecule has 0 aliphatic carbocycles. The Balaban J connectivity index is 1.02. The number of aliphatic imine (C=N–C) groups is 2. The molecule has 12 aromatic rings. The van der Waals surface area contributed by atoms with E-state index in [9.17, 15) is 0 Å². The molecule has 0 unspecified atom stereocenters. The SMILES string of the molecule is CCC1=C(c2ccc3c(c2)oc2ccccc23)N=C(c2cccc(-n3c4ccccc4c4cc5c(cc43)c3ccccc3n5-c3ccccc3)c2)N=C(c2cccc(-c3ccccc3)c2)C1. The van der Waals surface area contributed by atoms with Crippen molar-refractivity contribution < 1.29 is 4.42 Å². The second kappa shape index (κ2) is 15.3. The summed E-state index contributed by atoms with van der Waals surface area (Å²) in [6.45, 7) is 2.23. The number of hydrogen-bond acceptors (Lipinski definition) is 3. The second-order valence-corrected chi connectivity index (χ2v) is 17.2. The van der Waals surface area contributed by atoms with Crippen molar-refractivity contribution in [3.63, 3.8) is 0 Å². The summed E-state index contributed by atoms with van der Waals surface area (Å²) in [6, 6.07) is 75.9. The first-order chi connectivity index (χ1) is 32.7. The van der Waals surface area contributed by atoms with Crippen molar-refractivity contribution in [1.82, 2.24) is 9.13 Å². The van der Waals surface area contributed by atoms with Crippen LogP contribution in [0.2, 0.25) is 0 Å². The molecule has 312 valence electrons. The second-order valence-electron chi connectivity index (χ2n) is 17.2. The molecule has 9 aromatic carbocycles. The Labute approximate surface area is 381 Å². The lowest BCUT2D eigenvalue weighted by Gasteiger charge is -2.12. The van der Waals surface area contributed by atoms with Gasteiger partial charge in [-0.25, -0.2) is 9.98 Å². The maximum atomic E-state index is 6.44. The number of benzene rings is 9. The number of hydrogen-bond donors (Lipinski definition) is 0. The van der Waals surface area contributed by atoms with Crippen LogP contribution in [0.15, 0.2) is 232 Å². The minimum Gasteiger partial charge on any atom is -0.456 e. The van der Waals surface area contributed by atoms with Gasteiger partial charge in [-0.3, -0.25) is 0 Å². The van der Waals surface area contributed by atoms with Gasteiger partial charge in [0.2, 0.25) is 0 Å². The number of nitrogens with zero attached hydrogens (tertiary/aromatic N) is 4. The van der Waals surface area contributed by atoms with E-state index < -0.39 is 0 Å². The first kappa shape index (κ1) is 38.0. The van der Waals surface area contributed by atoms with Crippen LogP contribution in [-0.2, 0) is 0 Å². The fourth-order valence-corrected chi connectivity index (χ4v) is 10.3. The zero-order valence-corrected chi connectivity index (χ0v) is 36.3. The van der Waals surface area contributed by atoms with Gasteiger partial charge in [0, 0.05) is 61.2 Å². The van der Waals surface area contributed by atoms with E-state index >= 15 is 0 Å². The van der Waals surface area contributed by atoms with Crippen LogP contribution in [0.5, 0.6) is 0 Å². The summed E-state index contributed by atoms with van der Waals surface area (Å²) in [6.07, 6.45) is 1.48. The number of furan rings is 1. The van der Waals surface area contributed by atoms with E-state index in [1.807, 2.05) is 12.1 Å². The van der Waals surface area contributed by atoms with Gasteiger partial charge in [0.15, 0.2) is 5.84 Å². The summed E-state index contributed by atoms with van der Waals surface area (Å²) in [5, 5.41) is 7.05. The first-order valence-corrected chi connectivity index (χ1v) is 22.8. The third kappa shape index (κ3) is 6.16. The predicted molar refractivity (Wildman–Crippen MR) is 276 cm³/mol. The summed E-state index contributed by atoms with van der Waals surface area (Å²) in [4.78, 5) is 11.2. The largest absolute Gasteiger partial charge is 0.456 e. The Kier molecular flexibility index (Phi) is 8.81. The quantitative estimate of drug-likeness (QED) is 0.158. The number of aromatic nitrogens is 2. The van der Waals surface area contributed by atoms with E-state index in [2.05, 4.69) is 216 Å². The highest BCUT2D eigenvalue weighted by atomic mass is 16.3. The molecule has 0 radical (unpaired) electrons. The molecule has 66 heavy (non-hydrogen) atoms. The molecule has 1 aliphatic rings. The molecule has 13 rings (SSSR count). The summed E-state index contributed by atoms with van der Waals surface area (Å²) < 4.78 is 11.2. The number of rotatable bonds is 7. The van der Waals surface area contributed by atoms with Gasteiger partial charge in [0.25, 0.3) is 0 Å². The maximum absolute atomic E-state index is 6.44. The average molecular weight is 847 g/mol. The van der Waals surface area contributed by atoms with E-state index in [1.165, 1.54) is 43.7 Å². The zero-order valence-electron chi connectivity index (χ0n) is 36.3. The van der Waals surface area contributed by atoms with E-state index in [4.69, 9.17) is 14.4 Å². The minimum absolute atomic E-state index is 0.661. The fourth-order valence-electron chi connectivity index (χ4n) is 10.3. The molecule has 0 atom stereocenters. The van der Waals surface area contributed by atoms with Gasteiger partial charge in [-0.1, -0.05) is 146 Å². The van der Waals surface area contributed by atoms with Crippen molar-refractivity contribution in [2.24, 2.45) is 9.98 Å². The Morgan fingerprint density at radius 2 is 0.970 bits per heavy atom. The topological polar surface area (TPSA) is 47.7 Å². The van der Waals surface area contributed by atoms with Crippen LogP contribution in [0.3, 0.4) is 0 Å². The summed E-state index contributed by atoms with van der Waals surface area (Å²) in [5.41, 5.74) is 17.1. The monoisotopic (exact) mass is 846 g/mol. The highest BCUT2D eigenvalue weighted by Gasteiger charge is 2.23. The summed E-state index contributed by atoms with van der Waals surface area (Å²) in [5.74, 6) is 0.675. The van der Waals surface area contributed by atoms with Crippen molar-refractivity contribution in [1.29, 1.82) is 0 Å². The maximum Gasteiger partial charge on any atom is 0.160 e. The predicted octanol–water partition coefficient (Wildman–Crippen LogP) is 15.9. The van der Waals surface area contributed by atoms with Crippen LogP contribution < -0.4 is 0 Å². The lowest BCUT2D eigenvalue weighted by Crippen LogP contribution is -2.07. The minimum atomic E-state index is 0.661. The zero-order chi connectivity index (χ0) is 43.7. The normalized spacial score (nSPS) is 13.3. The molecule has 4 heterocycles. The Bertz CT molecular complexity index is 3990. The molecular formula is C61H42N4O. The number of amidine groups is 1. The van der Waals surface area contributed by atoms with E-state index in [0.717, 1.165) is 84.4 Å². The molecule has 0 N–H and O–H groups in total. The lowest BCUT2D eigenvalue weighted by molar-refractivity contribution is 0.669. The Hall–Kier alpha value is -8.54. The van der Waals surface area contributed by atoms with Crippen molar-refractivity contribution in [2.75, 3.05) is 0 Å². The van der Waals surface area contributed by atoms with Gasteiger partial charge in [0.1, 0.15) is 11.2 Å². The molecule has 5 nitrogen and oxygen atoms in total. The molecule has 0 bridgehead atoms. The molecule has 1 aliphatic heterocycles. The summed E-state index contributed by atoms with van der Waals surface area (Å²) in [7, 11) is 0. The lowest BCUT2D eigenvalue weighted by atomic mass is 9.94. The molecule has 5 heteroatoms. The standard InChI is InChI=1S/C61H42N4O/c1-2-39-35-53(42-20-15-19-41(33-42)40-17-5-3-6-18-40)62-61(63-60(39)43-31-32-50-49-27-11-14-30-58(49)66-59(50)36-43)44-21-16-24-46(34-44)65-55-29-13-10-26-48(55)52-37-56-51(38-57(52)65)47-25-9-12-28-54(47)64(56)45-22-7-4-8-23-45/h3-34,36-38H,2,35H2,1H3. The van der Waals surface area contributed by atoms with Crippen LogP contribution >= 0.6 is 0 Å². The van der Waals surface area contributed by atoms with Crippen molar-refractivity contribution in [2.45, 2.75) is 19.8 Å². The van der Waals surface area contributed by atoms with E-state index in [0.29, 0.717) is 12.3 Å². The van der Waals surface area contributed by atoms with Gasteiger partial charge >= 0.3 is 0 Å². The van der Waals surface area contributed by atoms with Crippen LogP contribution in [0.1, 0.15) is 36.5 Å². The number of fused-ring (bicyclic) bond motifs is 9. The fraction of sp³-hybridized carbons (Fsp3) is 0.0492. The third-order valence-electron chi connectivity index (χ3n) is 13.4. The number of para-hydroxylation sites is 4. The van der Waals surface area contributed by atoms with Crippen LogP contribution in [0, 0.1) is 0 Å². The van der Waals surface area contributed by atoms with Crippen LogP contribution in [0.25, 0.3) is 93.7 Å². The summed E-state index contributed by atoms with van der Waals surface area (Å²) >= 11 is 0. The average Bonchev–Trinajstić information content (AvgIpc) is 3.97. The van der Waals surface area contributed by atoms with Gasteiger partial charge in [-0.05, 0) is 101 Å². The van der Waals surface area contributed by atoms with Gasteiger partial charge in [0.05, 0.1) is 33.5 Å². The van der Waals surface area contributed by atoms with Gasteiger partial charge in [-0.15, -0.1) is 0 Å². The molecule has 0 saturated carbocycles. The molecule has 0 amide bonds.